The number of esters is 1. The highest BCUT2D eigenvalue weighted by Crippen LogP contribution is 2.21. The van der Waals surface area contributed by atoms with E-state index >= 15 is 0 Å². The van der Waals surface area contributed by atoms with Gasteiger partial charge in [0.05, 0.1) is 11.4 Å². The lowest BCUT2D eigenvalue weighted by Crippen LogP contribution is -2.27. The smallest absolute Gasteiger partial charge is 0.344 e. The van der Waals surface area contributed by atoms with Gasteiger partial charge in [-0.15, -0.1) is 0 Å². The second-order valence-electron chi connectivity index (χ2n) is 6.10. The molecule has 5 nitrogen and oxygen atoms in total. The summed E-state index contributed by atoms with van der Waals surface area (Å²) in [7, 11) is 0. The second-order valence-corrected chi connectivity index (χ2v) is 6.10. The standard InChI is InChI=1S/C17H21FN2O3/c1-5-12-8-9-20(19-12)13-6-7-15(14(18)10-13)22-11-16(21)23-17(2,3)4/h6-10H,5,11H2,1-4H3. The zero-order valence-corrected chi connectivity index (χ0v) is 13.8. The van der Waals surface area contributed by atoms with E-state index in [0.29, 0.717) is 5.69 Å². The van der Waals surface area contributed by atoms with Crippen LogP contribution in [0.25, 0.3) is 5.69 Å². The van der Waals surface area contributed by atoms with Gasteiger partial charge in [0, 0.05) is 12.3 Å². The molecule has 0 aliphatic carbocycles. The number of nitrogens with zero attached hydrogens (tertiary/aromatic N) is 2. The van der Waals surface area contributed by atoms with Crippen LogP contribution in [0.1, 0.15) is 33.4 Å². The Bertz CT molecular complexity index is 689. The Kier molecular flexibility index (Phi) is 5.03. The van der Waals surface area contributed by atoms with Crippen molar-refractivity contribution < 1.29 is 18.7 Å². The molecule has 0 atom stereocenters. The molecule has 124 valence electrons. The molecule has 2 aromatic rings. The Balaban J connectivity index is 2.03. The lowest BCUT2D eigenvalue weighted by atomic mass is 10.2. The van der Waals surface area contributed by atoms with Gasteiger partial charge in [0.2, 0.25) is 0 Å². The molecule has 6 heteroatoms. The highest BCUT2D eigenvalue weighted by molar-refractivity contribution is 5.71. The quantitative estimate of drug-likeness (QED) is 0.793. The van der Waals surface area contributed by atoms with Crippen LogP contribution in [0.2, 0.25) is 0 Å². The van der Waals surface area contributed by atoms with Crippen molar-refractivity contribution in [1.29, 1.82) is 0 Å². The van der Waals surface area contributed by atoms with Crippen molar-refractivity contribution in [2.24, 2.45) is 0 Å². The Morgan fingerprint density at radius 2 is 2.04 bits per heavy atom. The minimum Gasteiger partial charge on any atom is -0.479 e. The van der Waals surface area contributed by atoms with Gasteiger partial charge < -0.3 is 9.47 Å². The number of carbonyl (C=O) groups is 1. The van der Waals surface area contributed by atoms with Gasteiger partial charge in [0.1, 0.15) is 5.60 Å². The van der Waals surface area contributed by atoms with Crippen LogP contribution < -0.4 is 4.74 Å². The maximum Gasteiger partial charge on any atom is 0.344 e. The van der Waals surface area contributed by atoms with Gasteiger partial charge in [-0.2, -0.15) is 5.10 Å². The molecule has 2 rings (SSSR count). The molecule has 0 N–H and O–H groups in total. The number of hydrogen-bond acceptors (Lipinski definition) is 4. The van der Waals surface area contributed by atoms with Crippen LogP contribution in [0.3, 0.4) is 0 Å². The molecule has 0 fully saturated rings. The minimum atomic E-state index is -0.597. The number of rotatable bonds is 5. The summed E-state index contributed by atoms with van der Waals surface area (Å²) in [5.41, 5.74) is 0.919. The van der Waals surface area contributed by atoms with Gasteiger partial charge in [-0.05, 0) is 45.4 Å². The maximum absolute atomic E-state index is 14.1. The first-order chi connectivity index (χ1) is 10.8. The Morgan fingerprint density at radius 1 is 1.30 bits per heavy atom. The van der Waals surface area contributed by atoms with E-state index in [4.69, 9.17) is 9.47 Å². The molecule has 0 aliphatic rings. The van der Waals surface area contributed by atoms with Crippen molar-refractivity contribution in [3.63, 3.8) is 0 Å². The van der Waals surface area contributed by atoms with Crippen molar-refractivity contribution in [3.8, 4) is 11.4 Å². The van der Waals surface area contributed by atoms with E-state index in [-0.39, 0.29) is 12.4 Å². The normalized spacial score (nSPS) is 11.3. The zero-order valence-electron chi connectivity index (χ0n) is 13.8. The Morgan fingerprint density at radius 3 is 2.61 bits per heavy atom. The molecular formula is C17H21FN2O3. The van der Waals surface area contributed by atoms with E-state index in [9.17, 15) is 9.18 Å². The first kappa shape index (κ1) is 17.0. The van der Waals surface area contributed by atoms with Crippen molar-refractivity contribution in [2.45, 2.75) is 39.7 Å². The third kappa shape index (κ3) is 4.81. The van der Waals surface area contributed by atoms with E-state index in [1.54, 1.807) is 37.7 Å². The zero-order chi connectivity index (χ0) is 17.0. The number of aromatic nitrogens is 2. The van der Waals surface area contributed by atoms with Crippen LogP contribution >= 0.6 is 0 Å². The van der Waals surface area contributed by atoms with Crippen LogP contribution in [0.15, 0.2) is 30.5 Å². The molecule has 0 radical (unpaired) electrons. The summed E-state index contributed by atoms with van der Waals surface area (Å²) in [6.45, 7) is 6.94. The summed E-state index contributed by atoms with van der Waals surface area (Å²) in [6.07, 6.45) is 2.58. The van der Waals surface area contributed by atoms with Crippen molar-refractivity contribution >= 4 is 5.97 Å². The largest absolute Gasteiger partial charge is 0.479 e. The summed E-state index contributed by atoms with van der Waals surface area (Å²) in [5, 5.41) is 4.32. The summed E-state index contributed by atoms with van der Waals surface area (Å²) in [5.74, 6) is -1.09. The monoisotopic (exact) mass is 320 g/mol. The average molecular weight is 320 g/mol. The van der Waals surface area contributed by atoms with Crippen molar-refractivity contribution in [3.05, 3.63) is 42.0 Å². The van der Waals surface area contributed by atoms with Crippen LogP contribution in [-0.2, 0) is 16.0 Å². The fraction of sp³-hybridized carbons (Fsp3) is 0.412. The molecule has 0 aliphatic heterocycles. The van der Waals surface area contributed by atoms with Crippen LogP contribution in [0, 0.1) is 5.82 Å². The SMILES string of the molecule is CCc1ccn(-c2ccc(OCC(=O)OC(C)(C)C)c(F)c2)n1. The first-order valence-corrected chi connectivity index (χ1v) is 7.47. The molecule has 0 amide bonds. The van der Waals surface area contributed by atoms with Gasteiger partial charge in [-0.25, -0.2) is 13.9 Å². The molecule has 0 unspecified atom stereocenters. The second kappa shape index (κ2) is 6.81. The van der Waals surface area contributed by atoms with Gasteiger partial charge in [-0.1, -0.05) is 6.92 Å². The topological polar surface area (TPSA) is 53.4 Å². The van der Waals surface area contributed by atoms with Gasteiger partial charge in [0.15, 0.2) is 18.2 Å². The van der Waals surface area contributed by atoms with E-state index < -0.39 is 17.4 Å². The molecule has 23 heavy (non-hydrogen) atoms. The van der Waals surface area contributed by atoms with Crippen molar-refractivity contribution in [2.75, 3.05) is 6.61 Å². The number of ether oxygens (including phenoxy) is 2. The third-order valence-corrected chi connectivity index (χ3v) is 2.95. The third-order valence-electron chi connectivity index (χ3n) is 2.95. The highest BCUT2D eigenvalue weighted by atomic mass is 19.1. The summed E-state index contributed by atoms with van der Waals surface area (Å²) in [4.78, 5) is 11.6. The maximum atomic E-state index is 14.1. The fourth-order valence-electron chi connectivity index (χ4n) is 1.95. The van der Waals surface area contributed by atoms with E-state index in [0.717, 1.165) is 12.1 Å². The highest BCUT2D eigenvalue weighted by Gasteiger charge is 2.17. The van der Waals surface area contributed by atoms with Crippen molar-refractivity contribution in [1.82, 2.24) is 9.78 Å². The number of halogens is 1. The fourth-order valence-corrected chi connectivity index (χ4v) is 1.95. The van der Waals surface area contributed by atoms with Crippen LogP contribution in [0.4, 0.5) is 4.39 Å². The Labute approximate surface area is 135 Å². The molecule has 0 bridgehead atoms. The summed E-state index contributed by atoms with van der Waals surface area (Å²) >= 11 is 0. The number of carbonyl (C=O) groups excluding carboxylic acids is 1. The minimum absolute atomic E-state index is 0.00230. The lowest BCUT2D eigenvalue weighted by molar-refractivity contribution is -0.157. The molecule has 0 spiro atoms. The molecule has 0 saturated heterocycles. The Hall–Kier alpha value is -2.37. The lowest BCUT2D eigenvalue weighted by Gasteiger charge is -2.19. The first-order valence-electron chi connectivity index (χ1n) is 7.47. The molecule has 0 saturated carbocycles. The number of benzene rings is 1. The predicted octanol–water partition coefficient (Wildman–Crippen LogP) is 3.29. The molecular weight excluding hydrogens is 299 g/mol. The number of hydrogen-bond donors (Lipinski definition) is 0. The summed E-state index contributed by atoms with van der Waals surface area (Å²) in [6, 6.07) is 6.35. The van der Waals surface area contributed by atoms with E-state index in [1.165, 1.54) is 12.1 Å². The average Bonchev–Trinajstić information content (AvgIpc) is 2.93. The van der Waals surface area contributed by atoms with Crippen LogP contribution in [0.5, 0.6) is 5.75 Å². The molecule has 1 aromatic carbocycles. The van der Waals surface area contributed by atoms with E-state index in [1.807, 2.05) is 13.0 Å². The van der Waals surface area contributed by atoms with Gasteiger partial charge in [-0.3, -0.25) is 0 Å². The summed E-state index contributed by atoms with van der Waals surface area (Å²) < 4.78 is 26.0. The predicted molar refractivity (Wildman–Crippen MR) is 84.2 cm³/mol. The van der Waals surface area contributed by atoms with Gasteiger partial charge in [0.25, 0.3) is 0 Å². The number of aryl methyl sites for hydroxylation is 1. The van der Waals surface area contributed by atoms with E-state index in [2.05, 4.69) is 5.10 Å². The van der Waals surface area contributed by atoms with Crippen LogP contribution in [-0.4, -0.2) is 28.0 Å². The van der Waals surface area contributed by atoms with Gasteiger partial charge >= 0.3 is 5.97 Å². The molecule has 1 heterocycles. The molecule has 1 aromatic heterocycles.